The van der Waals surface area contributed by atoms with E-state index in [2.05, 4.69) is 16.9 Å². The third kappa shape index (κ3) is 5.09. The van der Waals surface area contributed by atoms with Crippen LogP contribution in [0.25, 0.3) is 0 Å². The van der Waals surface area contributed by atoms with Crippen LogP contribution < -0.4 is 0 Å². The molecular weight excluding hydrogens is 346 g/mol. The first-order chi connectivity index (χ1) is 12.7. The number of ether oxygens (including phenoxy) is 1. The van der Waals surface area contributed by atoms with Crippen molar-refractivity contribution in [2.75, 3.05) is 19.7 Å². The van der Waals surface area contributed by atoms with Gasteiger partial charge in [-0.1, -0.05) is 37.1 Å². The molecular formula is C21H30ClN3O. The fourth-order valence-electron chi connectivity index (χ4n) is 3.89. The Morgan fingerprint density at radius 3 is 2.73 bits per heavy atom. The summed E-state index contributed by atoms with van der Waals surface area (Å²) in [5.41, 5.74) is 2.21. The molecule has 4 nitrogen and oxygen atoms in total. The van der Waals surface area contributed by atoms with Crippen LogP contribution in [0.5, 0.6) is 0 Å². The van der Waals surface area contributed by atoms with Gasteiger partial charge in [0.25, 0.3) is 0 Å². The second kappa shape index (κ2) is 9.54. The van der Waals surface area contributed by atoms with Gasteiger partial charge in [-0.15, -0.1) is 0 Å². The molecule has 0 saturated carbocycles. The maximum Gasteiger partial charge on any atom is 0.111 e. The first kappa shape index (κ1) is 19.4. The molecule has 0 spiro atoms. The second-order valence-corrected chi connectivity index (χ2v) is 7.66. The highest BCUT2D eigenvalue weighted by molar-refractivity contribution is 6.30. The second-order valence-electron chi connectivity index (χ2n) is 7.22. The molecule has 0 amide bonds. The Morgan fingerprint density at radius 1 is 1.23 bits per heavy atom. The number of halogens is 1. The molecule has 1 aliphatic rings. The lowest BCUT2D eigenvalue weighted by Gasteiger charge is -2.35. The largest absolute Gasteiger partial charge is 0.369 e. The van der Waals surface area contributed by atoms with Crippen molar-refractivity contribution in [1.29, 1.82) is 0 Å². The molecule has 2 atom stereocenters. The van der Waals surface area contributed by atoms with Gasteiger partial charge in [0.2, 0.25) is 0 Å². The van der Waals surface area contributed by atoms with E-state index in [-0.39, 0.29) is 6.10 Å². The van der Waals surface area contributed by atoms with Crippen LogP contribution in [0, 0.1) is 0 Å². The Bertz CT molecular complexity index is 668. The van der Waals surface area contributed by atoms with E-state index in [1.54, 1.807) is 0 Å². The van der Waals surface area contributed by atoms with Crippen LogP contribution in [0.2, 0.25) is 5.02 Å². The van der Waals surface area contributed by atoms with Gasteiger partial charge in [0.15, 0.2) is 0 Å². The van der Waals surface area contributed by atoms with Crippen LogP contribution in [0.1, 0.15) is 56.3 Å². The highest BCUT2D eigenvalue weighted by atomic mass is 35.5. The molecule has 0 bridgehead atoms. The molecule has 1 aromatic carbocycles. The highest BCUT2D eigenvalue weighted by Gasteiger charge is 2.23. The zero-order chi connectivity index (χ0) is 18.4. The quantitative estimate of drug-likeness (QED) is 0.661. The van der Waals surface area contributed by atoms with Crippen molar-refractivity contribution in [2.24, 2.45) is 7.05 Å². The molecule has 2 heterocycles. The predicted octanol–water partition coefficient (Wildman–Crippen LogP) is 4.83. The smallest absolute Gasteiger partial charge is 0.111 e. The number of aromatic nitrogens is 2. The molecule has 2 aromatic rings. The molecule has 1 aromatic heterocycles. The summed E-state index contributed by atoms with van der Waals surface area (Å²) in [5.74, 6) is 0. The summed E-state index contributed by atoms with van der Waals surface area (Å²) < 4.78 is 8.20. The minimum atomic E-state index is -0.0933. The molecule has 26 heavy (non-hydrogen) atoms. The van der Waals surface area contributed by atoms with Crippen LogP contribution in [-0.2, 0) is 11.8 Å². The first-order valence-corrected chi connectivity index (χ1v) is 10.1. The van der Waals surface area contributed by atoms with E-state index in [9.17, 15) is 0 Å². The molecule has 2 unspecified atom stereocenters. The molecule has 3 rings (SSSR count). The Labute approximate surface area is 162 Å². The van der Waals surface area contributed by atoms with Crippen molar-refractivity contribution < 1.29 is 4.74 Å². The van der Waals surface area contributed by atoms with Crippen molar-refractivity contribution >= 4 is 11.6 Å². The fourth-order valence-corrected chi connectivity index (χ4v) is 4.01. The van der Waals surface area contributed by atoms with Gasteiger partial charge >= 0.3 is 0 Å². The Balaban J connectivity index is 1.65. The Kier molecular flexibility index (Phi) is 7.12. The van der Waals surface area contributed by atoms with E-state index in [0.717, 1.165) is 29.2 Å². The van der Waals surface area contributed by atoms with Crippen molar-refractivity contribution in [2.45, 2.75) is 51.2 Å². The van der Waals surface area contributed by atoms with Crippen LogP contribution in [0.3, 0.4) is 0 Å². The standard InChI is InChI=1S/C21H30ClN3O/c1-3-12-25-13-5-4-6-20(25)11-14-26-21(18-15-23-24(2)16-18)17-7-9-19(22)10-8-17/h7-10,15-16,20-21H,3-6,11-14H2,1-2H3. The number of piperidine rings is 1. The van der Waals surface area contributed by atoms with Gasteiger partial charge in [-0.05, 0) is 56.5 Å². The third-order valence-electron chi connectivity index (χ3n) is 5.20. The van der Waals surface area contributed by atoms with E-state index < -0.39 is 0 Å². The van der Waals surface area contributed by atoms with Crippen molar-refractivity contribution in [3.8, 4) is 0 Å². The topological polar surface area (TPSA) is 30.3 Å². The number of nitrogens with zero attached hydrogens (tertiary/aromatic N) is 3. The predicted molar refractivity (Wildman–Crippen MR) is 107 cm³/mol. The van der Waals surface area contributed by atoms with E-state index >= 15 is 0 Å². The van der Waals surface area contributed by atoms with Crippen molar-refractivity contribution in [3.05, 3.63) is 52.8 Å². The maximum absolute atomic E-state index is 6.37. The molecule has 1 saturated heterocycles. The monoisotopic (exact) mass is 375 g/mol. The van der Waals surface area contributed by atoms with E-state index in [4.69, 9.17) is 16.3 Å². The Hall–Kier alpha value is -1.36. The third-order valence-corrected chi connectivity index (χ3v) is 5.45. The van der Waals surface area contributed by atoms with Crippen LogP contribution in [-0.4, -0.2) is 40.4 Å². The van der Waals surface area contributed by atoms with Gasteiger partial charge in [0.1, 0.15) is 6.10 Å². The molecule has 0 N–H and O–H groups in total. The molecule has 0 radical (unpaired) electrons. The lowest BCUT2D eigenvalue weighted by molar-refractivity contribution is 0.0483. The summed E-state index contributed by atoms with van der Waals surface area (Å²) in [4.78, 5) is 2.65. The normalized spacial score (nSPS) is 19.6. The number of likely N-dealkylation sites (tertiary alicyclic amines) is 1. The number of aryl methyl sites for hydroxylation is 1. The SMILES string of the molecule is CCCN1CCCCC1CCOC(c1ccc(Cl)cc1)c1cnn(C)c1. The zero-order valence-corrected chi connectivity index (χ0v) is 16.7. The van der Waals surface area contributed by atoms with Gasteiger partial charge < -0.3 is 9.64 Å². The molecule has 1 fully saturated rings. The van der Waals surface area contributed by atoms with E-state index in [1.807, 2.05) is 48.4 Å². The van der Waals surface area contributed by atoms with Crippen molar-refractivity contribution in [1.82, 2.24) is 14.7 Å². The fraction of sp³-hybridized carbons (Fsp3) is 0.571. The maximum atomic E-state index is 6.37. The zero-order valence-electron chi connectivity index (χ0n) is 15.9. The van der Waals surface area contributed by atoms with Gasteiger partial charge in [-0.25, -0.2) is 0 Å². The Morgan fingerprint density at radius 2 is 2.04 bits per heavy atom. The first-order valence-electron chi connectivity index (χ1n) is 9.77. The van der Waals surface area contributed by atoms with Gasteiger partial charge in [0.05, 0.1) is 6.20 Å². The van der Waals surface area contributed by atoms with Gasteiger partial charge in [-0.2, -0.15) is 5.10 Å². The average molecular weight is 376 g/mol. The summed E-state index contributed by atoms with van der Waals surface area (Å²) in [5, 5.41) is 5.06. The minimum Gasteiger partial charge on any atom is -0.369 e. The van der Waals surface area contributed by atoms with E-state index in [1.165, 1.54) is 38.8 Å². The number of rotatable bonds is 8. The van der Waals surface area contributed by atoms with E-state index in [0.29, 0.717) is 6.04 Å². The van der Waals surface area contributed by atoms with Crippen molar-refractivity contribution in [3.63, 3.8) is 0 Å². The summed E-state index contributed by atoms with van der Waals surface area (Å²) in [6.07, 6.45) is 10.1. The van der Waals surface area contributed by atoms with Gasteiger partial charge in [-0.3, -0.25) is 4.68 Å². The summed E-state index contributed by atoms with van der Waals surface area (Å²) in [6.45, 7) is 5.46. The number of hydrogen-bond donors (Lipinski definition) is 0. The molecule has 5 heteroatoms. The molecule has 142 valence electrons. The van der Waals surface area contributed by atoms with Crippen LogP contribution >= 0.6 is 11.6 Å². The average Bonchev–Trinajstić information content (AvgIpc) is 3.07. The molecule has 1 aliphatic heterocycles. The summed E-state index contributed by atoms with van der Waals surface area (Å²) in [7, 11) is 1.94. The van der Waals surface area contributed by atoms with Crippen LogP contribution in [0.4, 0.5) is 0 Å². The number of benzene rings is 1. The summed E-state index contributed by atoms with van der Waals surface area (Å²) >= 11 is 6.06. The lowest BCUT2D eigenvalue weighted by atomic mass is 9.99. The highest BCUT2D eigenvalue weighted by Crippen LogP contribution is 2.28. The van der Waals surface area contributed by atoms with Gasteiger partial charge in [0, 0.05) is 36.5 Å². The minimum absolute atomic E-state index is 0.0933. The number of hydrogen-bond acceptors (Lipinski definition) is 3. The lowest BCUT2D eigenvalue weighted by Crippen LogP contribution is -2.40. The summed E-state index contributed by atoms with van der Waals surface area (Å²) in [6, 6.07) is 8.60. The van der Waals surface area contributed by atoms with Crippen LogP contribution in [0.15, 0.2) is 36.7 Å². The molecule has 0 aliphatic carbocycles.